The number of hydrogen-bond donors (Lipinski definition) is 2. The fourth-order valence-corrected chi connectivity index (χ4v) is 1.78. The summed E-state index contributed by atoms with van der Waals surface area (Å²) < 4.78 is 17.7. The van der Waals surface area contributed by atoms with Gasteiger partial charge in [-0.25, -0.2) is 4.39 Å². The number of hydrogen-bond acceptors (Lipinski definition) is 4. The third-order valence-corrected chi connectivity index (χ3v) is 2.77. The number of carbonyl (C=O) groups is 1. The van der Waals surface area contributed by atoms with Crippen LogP contribution in [-0.4, -0.2) is 24.2 Å². The molecule has 4 nitrogen and oxygen atoms in total. The van der Waals surface area contributed by atoms with Gasteiger partial charge >= 0.3 is 5.97 Å². The summed E-state index contributed by atoms with van der Waals surface area (Å²) in [5.41, 5.74) is 0.637. The Labute approximate surface area is 112 Å². The molecule has 1 aromatic rings. The van der Waals surface area contributed by atoms with Crippen molar-refractivity contribution in [3.05, 3.63) is 29.6 Å². The zero-order chi connectivity index (χ0) is 14.3. The highest BCUT2D eigenvalue weighted by atomic mass is 19.1. The third-order valence-electron chi connectivity index (χ3n) is 2.77. The van der Waals surface area contributed by atoms with Crippen molar-refractivity contribution in [2.24, 2.45) is 0 Å². The van der Waals surface area contributed by atoms with Crippen LogP contribution in [0.2, 0.25) is 0 Å². The minimum absolute atomic E-state index is 0.0645. The zero-order valence-electron chi connectivity index (χ0n) is 11.3. The number of ether oxygens (including phenoxy) is 1. The second-order valence-corrected chi connectivity index (χ2v) is 4.29. The molecule has 19 heavy (non-hydrogen) atoms. The number of phenols is 1. The van der Waals surface area contributed by atoms with Crippen LogP contribution in [0.25, 0.3) is 0 Å². The van der Waals surface area contributed by atoms with E-state index < -0.39 is 5.82 Å². The van der Waals surface area contributed by atoms with Gasteiger partial charge in [0.25, 0.3) is 0 Å². The minimum atomic E-state index is -0.462. The molecule has 0 aliphatic carbocycles. The molecule has 1 aromatic carbocycles. The van der Waals surface area contributed by atoms with Crippen molar-refractivity contribution in [1.29, 1.82) is 0 Å². The highest BCUT2D eigenvalue weighted by Gasteiger charge is 2.10. The minimum Gasteiger partial charge on any atom is -0.508 e. The molecule has 0 amide bonds. The van der Waals surface area contributed by atoms with Gasteiger partial charge in [-0.15, -0.1) is 0 Å². The molecule has 0 aliphatic heterocycles. The number of rotatable bonds is 7. The van der Waals surface area contributed by atoms with Crippen molar-refractivity contribution < 1.29 is 19.0 Å². The standard InChI is InChI=1S/C14H20FNO3/c1-3-19-14(18)5-4-8-16-10(2)12-7-6-11(15)9-13(12)17/h6-7,9-10,16-17H,3-5,8H2,1-2H3. The van der Waals surface area contributed by atoms with Gasteiger partial charge in [0.1, 0.15) is 11.6 Å². The molecule has 0 saturated carbocycles. The second-order valence-electron chi connectivity index (χ2n) is 4.29. The number of esters is 1. The van der Waals surface area contributed by atoms with Crippen molar-refractivity contribution in [2.45, 2.75) is 32.7 Å². The molecule has 1 unspecified atom stereocenters. The van der Waals surface area contributed by atoms with Gasteiger partial charge in [-0.05, 0) is 32.9 Å². The molecule has 5 heteroatoms. The average molecular weight is 269 g/mol. The summed E-state index contributed by atoms with van der Waals surface area (Å²) in [4.78, 5) is 11.1. The Morgan fingerprint density at radius 2 is 2.26 bits per heavy atom. The van der Waals surface area contributed by atoms with Crippen LogP contribution in [-0.2, 0) is 9.53 Å². The molecule has 0 radical (unpaired) electrons. The van der Waals surface area contributed by atoms with Crippen molar-refractivity contribution in [3.63, 3.8) is 0 Å². The highest BCUT2D eigenvalue weighted by Crippen LogP contribution is 2.24. The number of carbonyl (C=O) groups excluding carboxylic acids is 1. The SMILES string of the molecule is CCOC(=O)CCCNC(C)c1ccc(F)cc1O. The molecule has 106 valence electrons. The number of benzene rings is 1. The molecule has 0 heterocycles. The van der Waals surface area contributed by atoms with E-state index in [1.807, 2.05) is 6.92 Å². The molecule has 1 atom stereocenters. The van der Waals surface area contributed by atoms with Crippen LogP contribution in [0.5, 0.6) is 5.75 Å². The van der Waals surface area contributed by atoms with Crippen LogP contribution in [0.4, 0.5) is 4.39 Å². The maximum Gasteiger partial charge on any atom is 0.305 e. The first kappa shape index (κ1) is 15.4. The van der Waals surface area contributed by atoms with Gasteiger partial charge in [-0.1, -0.05) is 6.07 Å². The van der Waals surface area contributed by atoms with Gasteiger partial charge in [0, 0.05) is 24.1 Å². The van der Waals surface area contributed by atoms with Gasteiger partial charge in [0.15, 0.2) is 0 Å². The molecular weight excluding hydrogens is 249 g/mol. The molecule has 0 aliphatic rings. The number of phenolic OH excluding ortho intramolecular Hbond substituents is 1. The summed E-state index contributed by atoms with van der Waals surface area (Å²) in [7, 11) is 0. The molecule has 0 bridgehead atoms. The molecule has 0 spiro atoms. The van der Waals surface area contributed by atoms with E-state index in [0.717, 1.165) is 6.07 Å². The monoisotopic (exact) mass is 269 g/mol. The van der Waals surface area contributed by atoms with E-state index in [1.165, 1.54) is 6.07 Å². The number of nitrogens with one attached hydrogen (secondary N) is 1. The van der Waals surface area contributed by atoms with Crippen LogP contribution < -0.4 is 5.32 Å². The normalized spacial score (nSPS) is 12.2. The molecule has 0 fully saturated rings. The van der Waals surface area contributed by atoms with E-state index >= 15 is 0 Å². The fraction of sp³-hybridized carbons (Fsp3) is 0.500. The summed E-state index contributed by atoms with van der Waals surface area (Å²) in [5, 5.41) is 12.8. The lowest BCUT2D eigenvalue weighted by atomic mass is 10.1. The lowest BCUT2D eigenvalue weighted by molar-refractivity contribution is -0.143. The van der Waals surface area contributed by atoms with E-state index in [-0.39, 0.29) is 17.8 Å². The van der Waals surface area contributed by atoms with E-state index in [9.17, 15) is 14.3 Å². The van der Waals surface area contributed by atoms with Crippen molar-refractivity contribution in [2.75, 3.05) is 13.2 Å². The largest absolute Gasteiger partial charge is 0.508 e. The number of halogens is 1. The molecule has 2 N–H and O–H groups in total. The summed E-state index contributed by atoms with van der Waals surface area (Å²) in [6.45, 7) is 4.66. The van der Waals surface area contributed by atoms with Crippen LogP contribution in [0.1, 0.15) is 38.3 Å². The Kier molecular flexibility index (Phi) is 6.29. The van der Waals surface area contributed by atoms with Crippen molar-refractivity contribution in [3.8, 4) is 5.75 Å². The summed E-state index contributed by atoms with van der Waals surface area (Å²) in [5.74, 6) is -0.734. The quantitative estimate of drug-likeness (QED) is 0.590. The Morgan fingerprint density at radius 3 is 2.89 bits per heavy atom. The maximum absolute atomic E-state index is 12.8. The first-order valence-corrected chi connectivity index (χ1v) is 6.42. The first-order chi connectivity index (χ1) is 9.04. The van der Waals surface area contributed by atoms with Gasteiger partial charge in [0.2, 0.25) is 0 Å². The van der Waals surface area contributed by atoms with Crippen LogP contribution >= 0.6 is 0 Å². The topological polar surface area (TPSA) is 58.6 Å². The Hall–Kier alpha value is -1.62. The molecule has 0 saturated heterocycles. The maximum atomic E-state index is 12.8. The predicted molar refractivity (Wildman–Crippen MR) is 70.3 cm³/mol. The van der Waals surface area contributed by atoms with Gasteiger partial charge in [-0.3, -0.25) is 4.79 Å². The van der Waals surface area contributed by atoms with E-state index in [1.54, 1.807) is 13.0 Å². The van der Waals surface area contributed by atoms with Crippen molar-refractivity contribution >= 4 is 5.97 Å². The van der Waals surface area contributed by atoms with Crippen molar-refractivity contribution in [1.82, 2.24) is 5.32 Å². The van der Waals surface area contributed by atoms with Crippen LogP contribution in [0, 0.1) is 5.82 Å². The second kappa shape index (κ2) is 7.74. The zero-order valence-corrected chi connectivity index (χ0v) is 11.3. The van der Waals surface area contributed by atoms with E-state index in [2.05, 4.69) is 5.32 Å². The lowest BCUT2D eigenvalue weighted by Crippen LogP contribution is -2.21. The fourth-order valence-electron chi connectivity index (χ4n) is 1.78. The van der Waals surface area contributed by atoms with E-state index in [0.29, 0.717) is 31.6 Å². The van der Waals surface area contributed by atoms with Gasteiger partial charge in [0.05, 0.1) is 6.61 Å². The Morgan fingerprint density at radius 1 is 1.53 bits per heavy atom. The summed E-state index contributed by atoms with van der Waals surface area (Å²) >= 11 is 0. The summed E-state index contributed by atoms with van der Waals surface area (Å²) in [6.07, 6.45) is 1.02. The smallest absolute Gasteiger partial charge is 0.305 e. The lowest BCUT2D eigenvalue weighted by Gasteiger charge is -2.15. The van der Waals surface area contributed by atoms with Crippen LogP contribution in [0.3, 0.4) is 0 Å². The first-order valence-electron chi connectivity index (χ1n) is 6.42. The van der Waals surface area contributed by atoms with Gasteiger partial charge in [-0.2, -0.15) is 0 Å². The molecule has 1 rings (SSSR count). The predicted octanol–water partition coefficient (Wildman–Crippen LogP) is 2.53. The Balaban J connectivity index is 2.35. The number of aromatic hydroxyl groups is 1. The van der Waals surface area contributed by atoms with E-state index in [4.69, 9.17) is 4.74 Å². The Bertz CT molecular complexity index is 423. The average Bonchev–Trinajstić information content (AvgIpc) is 2.34. The van der Waals surface area contributed by atoms with Gasteiger partial charge < -0.3 is 15.2 Å². The van der Waals surface area contributed by atoms with Crippen LogP contribution in [0.15, 0.2) is 18.2 Å². The summed E-state index contributed by atoms with van der Waals surface area (Å²) in [6, 6.07) is 3.84. The molecular formula is C14H20FNO3. The highest BCUT2D eigenvalue weighted by molar-refractivity contribution is 5.69. The molecule has 0 aromatic heterocycles. The third kappa shape index (κ3) is 5.26.